The van der Waals surface area contributed by atoms with Crippen LogP contribution in [0.4, 0.5) is 5.69 Å². The Kier molecular flexibility index (Phi) is 3.58. The maximum atomic E-state index is 12.2. The zero-order chi connectivity index (χ0) is 14.8. The van der Waals surface area contributed by atoms with E-state index >= 15 is 0 Å². The summed E-state index contributed by atoms with van der Waals surface area (Å²) >= 11 is 1.46. The molecular weight excluding hydrogens is 282 g/mol. The number of nitrogens with one attached hydrogen (secondary N) is 1. The summed E-state index contributed by atoms with van der Waals surface area (Å²) in [6.07, 6.45) is 0. The lowest BCUT2D eigenvalue weighted by Gasteiger charge is -2.03. The Bertz CT molecular complexity index is 810. The van der Waals surface area contributed by atoms with Crippen LogP contribution in [0.5, 0.6) is 0 Å². The fourth-order valence-electron chi connectivity index (χ4n) is 2.13. The van der Waals surface area contributed by atoms with Crippen LogP contribution in [0.25, 0.3) is 10.1 Å². The molecule has 0 bridgehead atoms. The molecule has 0 aliphatic rings. The molecule has 0 saturated carbocycles. The predicted molar refractivity (Wildman–Crippen MR) is 86.4 cm³/mol. The van der Waals surface area contributed by atoms with Gasteiger partial charge in [0.1, 0.15) is 0 Å². The van der Waals surface area contributed by atoms with E-state index < -0.39 is 0 Å². The summed E-state index contributed by atoms with van der Waals surface area (Å²) in [6, 6.07) is 13.3. The number of carbonyl (C=O) groups excluding carboxylic acids is 1. The first kappa shape index (κ1) is 13.6. The minimum absolute atomic E-state index is 0.0851. The van der Waals surface area contributed by atoms with E-state index in [1.54, 1.807) is 0 Å². The van der Waals surface area contributed by atoms with E-state index in [-0.39, 0.29) is 5.91 Å². The van der Waals surface area contributed by atoms with Gasteiger partial charge < -0.3 is 11.1 Å². The summed E-state index contributed by atoms with van der Waals surface area (Å²) in [4.78, 5) is 17.2. The normalized spacial score (nSPS) is 10.7. The Morgan fingerprint density at radius 1 is 1.29 bits per heavy atom. The number of nitrogens with zero attached hydrogens (tertiary/aromatic N) is 1. The number of hydrogen-bond donors (Lipinski definition) is 2. The molecule has 0 unspecified atom stereocenters. The predicted octanol–water partition coefficient (Wildman–Crippen LogP) is 3.12. The summed E-state index contributed by atoms with van der Waals surface area (Å²) in [5, 5.41) is 3.89. The highest BCUT2D eigenvalue weighted by molar-refractivity contribution is 7.20. The highest BCUT2D eigenvalue weighted by atomic mass is 32.1. The quantitative estimate of drug-likeness (QED) is 0.730. The SMILES string of the molecule is Cc1cccc(CNC(=O)c2cc3cc(N)ccc3s2)n1. The van der Waals surface area contributed by atoms with Gasteiger partial charge >= 0.3 is 0 Å². The van der Waals surface area contributed by atoms with Gasteiger partial charge in [-0.05, 0) is 48.7 Å². The topological polar surface area (TPSA) is 68.0 Å². The van der Waals surface area contributed by atoms with Gasteiger partial charge in [-0.15, -0.1) is 11.3 Å². The van der Waals surface area contributed by atoms with Crippen molar-refractivity contribution in [1.29, 1.82) is 0 Å². The maximum absolute atomic E-state index is 12.2. The minimum atomic E-state index is -0.0851. The molecule has 1 aromatic carbocycles. The Morgan fingerprint density at radius 2 is 2.14 bits per heavy atom. The van der Waals surface area contributed by atoms with Crippen LogP contribution in [0, 0.1) is 6.92 Å². The van der Waals surface area contributed by atoms with Crippen LogP contribution in [-0.2, 0) is 6.54 Å². The van der Waals surface area contributed by atoms with Gasteiger partial charge in [0.15, 0.2) is 0 Å². The molecule has 2 heterocycles. The van der Waals surface area contributed by atoms with Gasteiger partial charge in [-0.1, -0.05) is 6.07 Å². The van der Waals surface area contributed by atoms with Gasteiger partial charge in [0.25, 0.3) is 5.91 Å². The van der Waals surface area contributed by atoms with E-state index in [1.165, 1.54) is 11.3 Å². The zero-order valence-corrected chi connectivity index (χ0v) is 12.4. The number of fused-ring (bicyclic) bond motifs is 1. The Morgan fingerprint density at radius 3 is 2.95 bits per heavy atom. The molecule has 0 spiro atoms. The fraction of sp³-hybridized carbons (Fsp3) is 0.125. The molecule has 21 heavy (non-hydrogen) atoms. The van der Waals surface area contributed by atoms with Crippen LogP contribution in [-0.4, -0.2) is 10.9 Å². The van der Waals surface area contributed by atoms with Crippen LogP contribution in [0.1, 0.15) is 21.1 Å². The summed E-state index contributed by atoms with van der Waals surface area (Å²) in [7, 11) is 0. The van der Waals surface area contributed by atoms with Gasteiger partial charge in [0.2, 0.25) is 0 Å². The maximum Gasteiger partial charge on any atom is 0.261 e. The number of carbonyl (C=O) groups is 1. The van der Waals surface area contributed by atoms with Crippen LogP contribution in [0.15, 0.2) is 42.5 Å². The third-order valence-electron chi connectivity index (χ3n) is 3.14. The van der Waals surface area contributed by atoms with Crippen molar-refractivity contribution in [3.05, 3.63) is 58.7 Å². The summed E-state index contributed by atoms with van der Waals surface area (Å²) in [5.41, 5.74) is 8.26. The smallest absolute Gasteiger partial charge is 0.261 e. The molecule has 3 rings (SSSR count). The summed E-state index contributed by atoms with van der Waals surface area (Å²) in [6.45, 7) is 2.36. The zero-order valence-electron chi connectivity index (χ0n) is 11.6. The van der Waals surface area contributed by atoms with Crippen molar-refractivity contribution in [3.63, 3.8) is 0 Å². The molecule has 2 aromatic heterocycles. The largest absolute Gasteiger partial charge is 0.399 e. The lowest BCUT2D eigenvalue weighted by molar-refractivity contribution is 0.0954. The molecule has 4 nitrogen and oxygen atoms in total. The highest BCUT2D eigenvalue weighted by Gasteiger charge is 2.10. The number of nitrogens with two attached hydrogens (primary N) is 1. The number of aromatic nitrogens is 1. The van der Waals surface area contributed by atoms with E-state index in [2.05, 4.69) is 10.3 Å². The van der Waals surface area contributed by atoms with Gasteiger partial charge in [0.05, 0.1) is 17.1 Å². The lowest BCUT2D eigenvalue weighted by atomic mass is 10.2. The Labute approximate surface area is 126 Å². The first-order valence-electron chi connectivity index (χ1n) is 6.61. The molecule has 0 aliphatic heterocycles. The third-order valence-corrected chi connectivity index (χ3v) is 4.26. The van der Waals surface area contributed by atoms with Crippen molar-refractivity contribution < 1.29 is 4.79 Å². The van der Waals surface area contributed by atoms with Gasteiger partial charge in [-0.2, -0.15) is 0 Å². The molecule has 0 atom stereocenters. The Hall–Kier alpha value is -2.40. The molecule has 0 fully saturated rings. The number of rotatable bonds is 3. The van der Waals surface area contributed by atoms with Crippen LogP contribution >= 0.6 is 11.3 Å². The molecular formula is C16H15N3OS. The third kappa shape index (κ3) is 3.03. The minimum Gasteiger partial charge on any atom is -0.399 e. The van der Waals surface area contributed by atoms with Crippen LogP contribution < -0.4 is 11.1 Å². The highest BCUT2D eigenvalue weighted by Crippen LogP contribution is 2.27. The van der Waals surface area contributed by atoms with Crippen molar-refractivity contribution in [3.8, 4) is 0 Å². The molecule has 3 N–H and O–H groups in total. The van der Waals surface area contributed by atoms with Crippen molar-refractivity contribution in [2.75, 3.05) is 5.73 Å². The van der Waals surface area contributed by atoms with E-state index in [4.69, 9.17) is 5.73 Å². The van der Waals surface area contributed by atoms with Crippen molar-refractivity contribution >= 4 is 33.0 Å². The van der Waals surface area contributed by atoms with E-state index in [0.717, 1.165) is 21.5 Å². The second-order valence-electron chi connectivity index (χ2n) is 4.86. The molecule has 0 aliphatic carbocycles. The lowest BCUT2D eigenvalue weighted by Crippen LogP contribution is -2.22. The second-order valence-corrected chi connectivity index (χ2v) is 5.94. The van der Waals surface area contributed by atoms with Crippen LogP contribution in [0.3, 0.4) is 0 Å². The number of thiophene rings is 1. The number of anilines is 1. The first-order valence-corrected chi connectivity index (χ1v) is 7.43. The number of hydrogen-bond acceptors (Lipinski definition) is 4. The fourth-order valence-corrected chi connectivity index (χ4v) is 3.09. The standard InChI is InChI=1S/C16H15N3OS/c1-10-3-2-4-13(19-10)9-18-16(20)15-8-11-7-12(17)5-6-14(11)21-15/h2-8H,9,17H2,1H3,(H,18,20). The van der Waals surface area contributed by atoms with Crippen LogP contribution in [0.2, 0.25) is 0 Å². The summed E-state index contributed by atoms with van der Waals surface area (Å²) < 4.78 is 1.06. The molecule has 106 valence electrons. The van der Waals surface area contributed by atoms with Crippen molar-refractivity contribution in [1.82, 2.24) is 10.3 Å². The summed E-state index contributed by atoms with van der Waals surface area (Å²) in [5.74, 6) is -0.0851. The number of amides is 1. The molecule has 0 saturated heterocycles. The molecule has 3 aromatic rings. The van der Waals surface area contributed by atoms with E-state index in [0.29, 0.717) is 17.1 Å². The monoisotopic (exact) mass is 297 g/mol. The van der Waals surface area contributed by atoms with Gasteiger partial charge in [0, 0.05) is 16.1 Å². The number of pyridine rings is 1. The molecule has 5 heteroatoms. The van der Waals surface area contributed by atoms with E-state index in [9.17, 15) is 4.79 Å². The molecule has 0 radical (unpaired) electrons. The van der Waals surface area contributed by atoms with Crippen molar-refractivity contribution in [2.24, 2.45) is 0 Å². The van der Waals surface area contributed by atoms with Gasteiger partial charge in [-0.3, -0.25) is 9.78 Å². The average molecular weight is 297 g/mol. The first-order chi connectivity index (χ1) is 10.1. The number of benzene rings is 1. The second kappa shape index (κ2) is 5.54. The number of nitrogen functional groups attached to an aromatic ring is 1. The van der Waals surface area contributed by atoms with Crippen molar-refractivity contribution in [2.45, 2.75) is 13.5 Å². The average Bonchev–Trinajstić information content (AvgIpc) is 2.88. The molecule has 1 amide bonds. The number of aryl methyl sites for hydroxylation is 1. The van der Waals surface area contributed by atoms with E-state index in [1.807, 2.05) is 49.4 Å². The Balaban J connectivity index is 1.74. The van der Waals surface area contributed by atoms with Gasteiger partial charge in [-0.25, -0.2) is 0 Å².